The van der Waals surface area contributed by atoms with Crippen LogP contribution in [0.15, 0.2) is 4.99 Å². The summed E-state index contributed by atoms with van der Waals surface area (Å²) in [4.78, 5) is 12.5. The molecule has 1 aliphatic carbocycles. The van der Waals surface area contributed by atoms with Crippen LogP contribution in [0.5, 0.6) is 0 Å². The van der Waals surface area contributed by atoms with Gasteiger partial charge in [0.2, 0.25) is 0 Å². The molecule has 23 heavy (non-hydrogen) atoms. The third kappa shape index (κ3) is 4.18. The number of hydrogen-bond acceptors (Lipinski definition) is 3. The molecule has 5 heteroatoms. The maximum Gasteiger partial charge on any atom is 0.193 e. The van der Waals surface area contributed by atoms with E-state index in [1.54, 1.807) is 0 Å². The van der Waals surface area contributed by atoms with E-state index in [1.807, 2.05) is 0 Å². The molecule has 132 valence electrons. The highest BCUT2D eigenvalue weighted by Gasteiger charge is 2.43. The van der Waals surface area contributed by atoms with E-state index in [9.17, 15) is 0 Å². The zero-order chi connectivity index (χ0) is 16.1. The summed E-state index contributed by atoms with van der Waals surface area (Å²) >= 11 is 0. The molecule has 1 saturated carbocycles. The number of piperazine rings is 1. The summed E-state index contributed by atoms with van der Waals surface area (Å²) in [5, 5.41) is 3.51. The number of nitrogens with zero attached hydrogens (tertiary/aromatic N) is 4. The van der Waals surface area contributed by atoms with Crippen LogP contribution in [0.25, 0.3) is 0 Å². The van der Waals surface area contributed by atoms with Crippen LogP contribution in [0.4, 0.5) is 0 Å². The third-order valence-electron chi connectivity index (χ3n) is 6.08. The molecule has 2 aliphatic heterocycles. The van der Waals surface area contributed by atoms with Crippen LogP contribution < -0.4 is 5.32 Å². The number of hydrogen-bond donors (Lipinski definition) is 1. The minimum absolute atomic E-state index is 0.646. The van der Waals surface area contributed by atoms with Crippen molar-refractivity contribution < 1.29 is 0 Å². The average Bonchev–Trinajstić information content (AvgIpc) is 3.00. The zero-order valence-electron chi connectivity index (χ0n) is 15.2. The molecule has 1 spiro atoms. The van der Waals surface area contributed by atoms with Gasteiger partial charge in [-0.15, -0.1) is 0 Å². The Kier molecular flexibility index (Phi) is 5.81. The van der Waals surface area contributed by atoms with Gasteiger partial charge in [0.15, 0.2) is 5.96 Å². The van der Waals surface area contributed by atoms with E-state index in [0.717, 1.165) is 25.6 Å². The predicted molar refractivity (Wildman–Crippen MR) is 97.0 cm³/mol. The Morgan fingerprint density at radius 1 is 1.00 bits per heavy atom. The number of nitrogens with one attached hydrogen (secondary N) is 1. The Bertz CT molecular complexity index is 396. The van der Waals surface area contributed by atoms with Gasteiger partial charge in [-0.1, -0.05) is 13.3 Å². The van der Waals surface area contributed by atoms with Crippen molar-refractivity contribution >= 4 is 5.96 Å². The van der Waals surface area contributed by atoms with E-state index in [-0.39, 0.29) is 0 Å². The molecule has 0 atom stereocenters. The molecule has 0 unspecified atom stereocenters. The van der Waals surface area contributed by atoms with Gasteiger partial charge in [-0.2, -0.15) is 0 Å². The Morgan fingerprint density at radius 2 is 1.74 bits per heavy atom. The number of aliphatic imine (C=N–C) groups is 1. The molecular weight excluding hydrogens is 286 g/mol. The highest BCUT2D eigenvalue weighted by atomic mass is 15.3. The molecule has 0 aromatic heterocycles. The van der Waals surface area contributed by atoms with E-state index in [4.69, 9.17) is 4.99 Å². The fourth-order valence-corrected chi connectivity index (χ4v) is 4.25. The van der Waals surface area contributed by atoms with E-state index in [1.165, 1.54) is 71.5 Å². The van der Waals surface area contributed by atoms with Crippen molar-refractivity contribution in [2.45, 2.75) is 39.5 Å². The van der Waals surface area contributed by atoms with Crippen molar-refractivity contribution in [2.75, 3.05) is 65.4 Å². The monoisotopic (exact) mass is 321 g/mol. The first-order valence-electron chi connectivity index (χ1n) is 9.73. The first-order valence-corrected chi connectivity index (χ1v) is 9.73. The van der Waals surface area contributed by atoms with Gasteiger partial charge in [0, 0.05) is 52.4 Å². The molecule has 0 aromatic rings. The van der Waals surface area contributed by atoms with E-state index < -0.39 is 0 Å². The number of rotatable bonds is 5. The van der Waals surface area contributed by atoms with Crippen molar-refractivity contribution in [3.63, 3.8) is 0 Å². The smallest absolute Gasteiger partial charge is 0.193 e. The second-order valence-corrected chi connectivity index (χ2v) is 7.54. The van der Waals surface area contributed by atoms with Gasteiger partial charge in [-0.25, -0.2) is 0 Å². The Balaban J connectivity index is 1.45. The topological polar surface area (TPSA) is 34.1 Å². The van der Waals surface area contributed by atoms with Gasteiger partial charge in [0.25, 0.3) is 0 Å². The molecule has 5 nitrogen and oxygen atoms in total. The lowest BCUT2D eigenvalue weighted by molar-refractivity contribution is 0.140. The van der Waals surface area contributed by atoms with Gasteiger partial charge >= 0.3 is 0 Å². The molecule has 3 rings (SSSR count). The lowest BCUT2D eigenvalue weighted by atomic mass is 9.68. The normalized spacial score (nSPS) is 25.8. The van der Waals surface area contributed by atoms with E-state index in [2.05, 4.69) is 33.9 Å². The number of guanidine groups is 1. The molecule has 0 bridgehead atoms. The van der Waals surface area contributed by atoms with Crippen molar-refractivity contribution in [3.05, 3.63) is 0 Å². The van der Waals surface area contributed by atoms with Crippen molar-refractivity contribution in [3.8, 4) is 0 Å². The van der Waals surface area contributed by atoms with E-state index >= 15 is 0 Å². The van der Waals surface area contributed by atoms with Crippen LogP contribution in [0.1, 0.15) is 39.5 Å². The summed E-state index contributed by atoms with van der Waals surface area (Å²) in [6.45, 7) is 15.9. The SMILES string of the molecule is CCNC(=NCCN1CCN(CC)CC1)N1CCC2(CCC2)C1. The average molecular weight is 322 g/mol. The lowest BCUT2D eigenvalue weighted by Crippen LogP contribution is -2.47. The molecule has 2 heterocycles. The van der Waals surface area contributed by atoms with Gasteiger partial charge < -0.3 is 15.1 Å². The third-order valence-corrected chi connectivity index (χ3v) is 6.08. The Morgan fingerprint density at radius 3 is 2.30 bits per heavy atom. The first-order chi connectivity index (χ1) is 11.2. The summed E-state index contributed by atoms with van der Waals surface area (Å²) in [6, 6.07) is 0. The minimum Gasteiger partial charge on any atom is -0.357 e. The largest absolute Gasteiger partial charge is 0.357 e. The van der Waals surface area contributed by atoms with Crippen molar-refractivity contribution in [1.82, 2.24) is 20.0 Å². The zero-order valence-corrected chi connectivity index (χ0v) is 15.2. The summed E-state index contributed by atoms with van der Waals surface area (Å²) < 4.78 is 0. The molecular formula is C18H35N5. The maximum atomic E-state index is 4.93. The number of likely N-dealkylation sites (tertiary alicyclic amines) is 1. The number of likely N-dealkylation sites (N-methyl/N-ethyl adjacent to an activating group) is 1. The van der Waals surface area contributed by atoms with Gasteiger partial charge in [0.1, 0.15) is 0 Å². The molecule has 1 N–H and O–H groups in total. The summed E-state index contributed by atoms with van der Waals surface area (Å²) in [6.07, 6.45) is 5.68. The highest BCUT2D eigenvalue weighted by molar-refractivity contribution is 5.80. The second-order valence-electron chi connectivity index (χ2n) is 7.54. The van der Waals surface area contributed by atoms with Crippen LogP contribution in [0.3, 0.4) is 0 Å². The molecule has 0 amide bonds. The Hall–Kier alpha value is -0.810. The standard InChI is InChI=1S/C18H35N5/c1-3-19-17(23-10-8-18(16-23)6-5-7-18)20-9-11-22-14-12-21(4-2)13-15-22/h3-16H2,1-2H3,(H,19,20). The van der Waals surface area contributed by atoms with Crippen LogP contribution in [-0.4, -0.2) is 86.1 Å². The van der Waals surface area contributed by atoms with Crippen molar-refractivity contribution in [1.29, 1.82) is 0 Å². The maximum absolute atomic E-state index is 4.93. The Labute approximate surface area is 142 Å². The molecule has 3 fully saturated rings. The molecule has 0 radical (unpaired) electrons. The van der Waals surface area contributed by atoms with Gasteiger partial charge in [0.05, 0.1) is 6.54 Å². The van der Waals surface area contributed by atoms with Crippen LogP contribution in [0, 0.1) is 5.41 Å². The van der Waals surface area contributed by atoms with Crippen LogP contribution in [-0.2, 0) is 0 Å². The molecule has 3 aliphatic rings. The van der Waals surface area contributed by atoms with Crippen LogP contribution >= 0.6 is 0 Å². The molecule has 0 aromatic carbocycles. The predicted octanol–water partition coefficient (Wildman–Crippen LogP) is 1.47. The molecule has 2 saturated heterocycles. The first kappa shape index (κ1) is 17.0. The summed E-state index contributed by atoms with van der Waals surface area (Å²) in [5.41, 5.74) is 0.646. The summed E-state index contributed by atoms with van der Waals surface area (Å²) in [5.74, 6) is 1.16. The quantitative estimate of drug-likeness (QED) is 0.614. The lowest BCUT2D eigenvalue weighted by Gasteiger charge is -2.38. The van der Waals surface area contributed by atoms with Gasteiger partial charge in [-0.3, -0.25) is 9.89 Å². The second kappa shape index (κ2) is 7.84. The fraction of sp³-hybridized carbons (Fsp3) is 0.944. The van der Waals surface area contributed by atoms with Crippen molar-refractivity contribution in [2.24, 2.45) is 10.4 Å². The summed E-state index contributed by atoms with van der Waals surface area (Å²) in [7, 11) is 0. The van der Waals surface area contributed by atoms with Crippen LogP contribution in [0.2, 0.25) is 0 Å². The van der Waals surface area contributed by atoms with E-state index in [0.29, 0.717) is 5.41 Å². The highest BCUT2D eigenvalue weighted by Crippen LogP contribution is 2.47. The fourth-order valence-electron chi connectivity index (χ4n) is 4.25. The minimum atomic E-state index is 0.646. The van der Waals surface area contributed by atoms with Gasteiger partial charge in [-0.05, 0) is 38.1 Å².